The van der Waals surface area contributed by atoms with Crippen LogP contribution in [0.1, 0.15) is 18.4 Å². The number of anilines is 1. The van der Waals surface area contributed by atoms with Gasteiger partial charge in [-0.25, -0.2) is 9.97 Å². The lowest BCUT2D eigenvalue weighted by Gasteiger charge is -2.58. The number of aromatic nitrogens is 4. The van der Waals surface area contributed by atoms with Gasteiger partial charge in [0.15, 0.2) is 0 Å². The molecular formula is C23H24N6O2. The summed E-state index contributed by atoms with van der Waals surface area (Å²) in [5, 5.41) is 4.47. The Labute approximate surface area is 180 Å². The molecule has 1 amide bonds. The van der Waals surface area contributed by atoms with E-state index in [0.29, 0.717) is 23.8 Å². The van der Waals surface area contributed by atoms with Gasteiger partial charge in [0.25, 0.3) is 0 Å². The average Bonchev–Trinajstić information content (AvgIpc) is 3.17. The molecule has 1 spiro atoms. The number of likely N-dealkylation sites (tertiary alicyclic amines) is 1. The molecule has 0 radical (unpaired) electrons. The summed E-state index contributed by atoms with van der Waals surface area (Å²) in [6.45, 7) is 5.74. The summed E-state index contributed by atoms with van der Waals surface area (Å²) in [6, 6.07) is 10.1. The van der Waals surface area contributed by atoms with Crippen LogP contribution in [0, 0.1) is 5.41 Å². The summed E-state index contributed by atoms with van der Waals surface area (Å²) in [5.41, 5.74) is 9.01. The number of hydrogen-bond acceptors (Lipinski definition) is 6. The molecule has 2 aliphatic rings. The maximum atomic E-state index is 11.7. The number of nitrogens with two attached hydrogens (primary N) is 1. The zero-order valence-electron chi connectivity index (χ0n) is 17.1. The quantitative estimate of drug-likeness (QED) is 0.620. The number of amides is 1. The molecule has 1 saturated heterocycles. The van der Waals surface area contributed by atoms with E-state index in [1.54, 1.807) is 6.20 Å². The molecule has 1 aliphatic heterocycles. The number of nitrogens with zero attached hydrogens (tertiary/aromatic N) is 5. The minimum absolute atomic E-state index is 0.00614. The predicted octanol–water partition coefficient (Wildman–Crippen LogP) is 2.53. The van der Waals surface area contributed by atoms with Crippen molar-refractivity contribution >= 4 is 11.7 Å². The lowest BCUT2D eigenvalue weighted by molar-refractivity contribution is -0.155. The maximum Gasteiger partial charge on any atom is 0.245 e. The lowest BCUT2D eigenvalue weighted by atomic mass is 9.61. The Kier molecular flexibility index (Phi) is 4.69. The summed E-state index contributed by atoms with van der Waals surface area (Å²) in [4.78, 5) is 22.0. The first kappa shape index (κ1) is 19.3. The van der Waals surface area contributed by atoms with Crippen molar-refractivity contribution in [3.63, 3.8) is 0 Å². The van der Waals surface area contributed by atoms with Crippen LogP contribution in [0.3, 0.4) is 0 Å². The SMILES string of the molecule is C=CC(=O)N1CC2(CC(Oc3ncnc(N)c3-c3cnn(Cc4ccccc4)c3)C2)C1. The summed E-state index contributed by atoms with van der Waals surface area (Å²) in [7, 11) is 0. The summed E-state index contributed by atoms with van der Waals surface area (Å²) in [6.07, 6.45) is 8.32. The van der Waals surface area contributed by atoms with Crippen LogP contribution in [0.25, 0.3) is 11.1 Å². The fraction of sp³-hybridized carbons (Fsp3) is 0.304. The maximum absolute atomic E-state index is 11.7. The third kappa shape index (κ3) is 3.65. The van der Waals surface area contributed by atoms with Gasteiger partial charge in [0.1, 0.15) is 18.2 Å². The zero-order chi connectivity index (χ0) is 21.4. The van der Waals surface area contributed by atoms with Crippen molar-refractivity contribution in [2.24, 2.45) is 5.41 Å². The van der Waals surface area contributed by atoms with Crippen molar-refractivity contribution in [3.8, 4) is 17.0 Å². The molecule has 8 heteroatoms. The molecule has 3 aromatic rings. The third-order valence-electron chi connectivity index (χ3n) is 6.09. The Morgan fingerprint density at radius 1 is 1.26 bits per heavy atom. The average molecular weight is 416 g/mol. The molecular weight excluding hydrogens is 392 g/mol. The number of carbonyl (C=O) groups is 1. The van der Waals surface area contributed by atoms with Crippen molar-refractivity contribution in [2.75, 3.05) is 18.8 Å². The normalized spacial score (nSPS) is 17.1. The first-order valence-electron chi connectivity index (χ1n) is 10.3. The monoisotopic (exact) mass is 416 g/mol. The smallest absolute Gasteiger partial charge is 0.245 e. The van der Waals surface area contributed by atoms with E-state index in [1.165, 1.54) is 12.4 Å². The Hall–Kier alpha value is -3.68. The Bertz CT molecular complexity index is 1110. The molecule has 31 heavy (non-hydrogen) atoms. The minimum Gasteiger partial charge on any atom is -0.474 e. The number of carbonyl (C=O) groups excluding carboxylic acids is 1. The van der Waals surface area contributed by atoms with E-state index in [-0.39, 0.29) is 17.4 Å². The van der Waals surface area contributed by atoms with Crippen LogP contribution in [0.15, 0.2) is 61.7 Å². The molecule has 0 atom stereocenters. The van der Waals surface area contributed by atoms with Crippen LogP contribution in [0.2, 0.25) is 0 Å². The minimum atomic E-state index is -0.00614. The number of hydrogen-bond donors (Lipinski definition) is 1. The van der Waals surface area contributed by atoms with E-state index in [9.17, 15) is 4.79 Å². The van der Waals surface area contributed by atoms with Gasteiger partial charge in [-0.3, -0.25) is 9.48 Å². The van der Waals surface area contributed by atoms with Gasteiger partial charge in [0.2, 0.25) is 11.8 Å². The van der Waals surface area contributed by atoms with Gasteiger partial charge < -0.3 is 15.4 Å². The van der Waals surface area contributed by atoms with Crippen molar-refractivity contribution in [3.05, 3.63) is 67.3 Å². The predicted molar refractivity (Wildman–Crippen MR) is 116 cm³/mol. The molecule has 0 unspecified atom stereocenters. The molecule has 1 aliphatic carbocycles. The van der Waals surface area contributed by atoms with Crippen LogP contribution in [-0.4, -0.2) is 49.7 Å². The first-order valence-corrected chi connectivity index (χ1v) is 10.3. The molecule has 0 bridgehead atoms. The largest absolute Gasteiger partial charge is 0.474 e. The van der Waals surface area contributed by atoms with E-state index in [0.717, 1.165) is 37.1 Å². The van der Waals surface area contributed by atoms with Gasteiger partial charge in [-0.2, -0.15) is 5.10 Å². The second-order valence-electron chi connectivity index (χ2n) is 8.40. The highest BCUT2D eigenvalue weighted by Gasteiger charge is 2.54. The second-order valence-corrected chi connectivity index (χ2v) is 8.40. The van der Waals surface area contributed by atoms with Crippen LogP contribution in [0.5, 0.6) is 5.88 Å². The fourth-order valence-corrected chi connectivity index (χ4v) is 4.55. The van der Waals surface area contributed by atoms with Gasteiger partial charge >= 0.3 is 0 Å². The van der Waals surface area contributed by atoms with Gasteiger partial charge in [0.05, 0.1) is 18.3 Å². The topological polar surface area (TPSA) is 99.2 Å². The summed E-state index contributed by atoms with van der Waals surface area (Å²) < 4.78 is 8.07. The number of nitrogen functional groups attached to an aromatic ring is 1. The molecule has 5 rings (SSSR count). The standard InChI is InChI=1S/C23H24N6O2/c1-2-19(30)28-13-23(14-28)8-18(9-23)31-22-20(21(24)25-15-26-22)17-10-27-29(12-17)11-16-6-4-3-5-7-16/h2-7,10,12,15,18H,1,8-9,11,13-14H2,(H2,24,25,26). The molecule has 1 aromatic carbocycles. The highest BCUT2D eigenvalue weighted by molar-refractivity contribution is 5.87. The van der Waals surface area contributed by atoms with Crippen molar-refractivity contribution in [1.82, 2.24) is 24.6 Å². The molecule has 1 saturated carbocycles. The van der Waals surface area contributed by atoms with Gasteiger partial charge in [-0.05, 0) is 24.5 Å². The van der Waals surface area contributed by atoms with Crippen molar-refractivity contribution < 1.29 is 9.53 Å². The van der Waals surface area contributed by atoms with Crippen LogP contribution < -0.4 is 10.5 Å². The van der Waals surface area contributed by atoms with Crippen molar-refractivity contribution in [2.45, 2.75) is 25.5 Å². The van der Waals surface area contributed by atoms with Crippen molar-refractivity contribution in [1.29, 1.82) is 0 Å². The van der Waals surface area contributed by atoms with Gasteiger partial charge in [-0.15, -0.1) is 0 Å². The molecule has 158 valence electrons. The Balaban J connectivity index is 1.28. The number of benzene rings is 1. The van der Waals surface area contributed by atoms with E-state index >= 15 is 0 Å². The van der Waals surface area contributed by atoms with Crippen LogP contribution in [0.4, 0.5) is 5.82 Å². The number of ether oxygens (including phenoxy) is 1. The van der Waals surface area contributed by atoms with Crippen LogP contribution in [-0.2, 0) is 11.3 Å². The molecule has 2 fully saturated rings. The summed E-state index contributed by atoms with van der Waals surface area (Å²) in [5.74, 6) is 0.836. The fourth-order valence-electron chi connectivity index (χ4n) is 4.55. The Morgan fingerprint density at radius 3 is 2.77 bits per heavy atom. The summed E-state index contributed by atoms with van der Waals surface area (Å²) >= 11 is 0. The van der Waals surface area contributed by atoms with Gasteiger partial charge in [0, 0.05) is 30.3 Å². The lowest BCUT2D eigenvalue weighted by Crippen LogP contribution is -2.65. The Morgan fingerprint density at radius 2 is 2.03 bits per heavy atom. The van der Waals surface area contributed by atoms with E-state index in [2.05, 4.69) is 33.8 Å². The first-order chi connectivity index (χ1) is 15.0. The van der Waals surface area contributed by atoms with E-state index in [1.807, 2.05) is 34.0 Å². The van der Waals surface area contributed by atoms with E-state index in [4.69, 9.17) is 10.5 Å². The highest BCUT2D eigenvalue weighted by atomic mass is 16.5. The van der Waals surface area contributed by atoms with Crippen LogP contribution >= 0.6 is 0 Å². The molecule has 3 heterocycles. The third-order valence-corrected chi connectivity index (χ3v) is 6.09. The van der Waals surface area contributed by atoms with E-state index < -0.39 is 0 Å². The molecule has 2 aromatic heterocycles. The molecule has 2 N–H and O–H groups in total. The zero-order valence-corrected chi connectivity index (χ0v) is 17.1. The molecule has 8 nitrogen and oxygen atoms in total. The second kappa shape index (κ2) is 7.54. The highest BCUT2D eigenvalue weighted by Crippen LogP contribution is 2.50. The van der Waals surface area contributed by atoms with Gasteiger partial charge in [-0.1, -0.05) is 36.9 Å². The number of rotatable bonds is 6.